The van der Waals surface area contributed by atoms with E-state index in [0.29, 0.717) is 17.1 Å². The van der Waals surface area contributed by atoms with Crippen LogP contribution >= 0.6 is 0 Å². The molecule has 1 unspecified atom stereocenters. The van der Waals surface area contributed by atoms with Crippen molar-refractivity contribution in [1.82, 2.24) is 19.7 Å². The highest BCUT2D eigenvalue weighted by molar-refractivity contribution is 5.91. The van der Waals surface area contributed by atoms with Crippen molar-refractivity contribution in [2.75, 3.05) is 5.73 Å². The molecule has 0 spiro atoms. The van der Waals surface area contributed by atoms with E-state index in [9.17, 15) is 0 Å². The van der Waals surface area contributed by atoms with Gasteiger partial charge in [-0.3, -0.25) is 0 Å². The zero-order valence-corrected chi connectivity index (χ0v) is 19.1. The number of nitrogens with two attached hydrogens (primary N) is 1. The lowest BCUT2D eigenvalue weighted by atomic mass is 9.74. The molecule has 2 heterocycles. The number of hydrogen-bond acceptors (Lipinski definition) is 5. The van der Waals surface area contributed by atoms with Crippen molar-refractivity contribution in [3.63, 3.8) is 0 Å². The Kier molecular flexibility index (Phi) is 6.17. The number of nitrogens with zero attached hydrogens (tertiary/aromatic N) is 4. The lowest BCUT2D eigenvalue weighted by Crippen LogP contribution is -2.36. The summed E-state index contributed by atoms with van der Waals surface area (Å²) >= 11 is 0. The second-order valence-corrected chi connectivity index (χ2v) is 10.0. The first-order valence-corrected chi connectivity index (χ1v) is 11.6. The molecule has 1 aliphatic carbocycles. The first-order valence-electron chi connectivity index (χ1n) is 11.6. The fourth-order valence-corrected chi connectivity index (χ4v) is 5.20. The molecule has 0 aliphatic heterocycles. The van der Waals surface area contributed by atoms with Gasteiger partial charge in [0, 0.05) is 0 Å². The highest BCUT2D eigenvalue weighted by atomic mass is 16.5. The summed E-state index contributed by atoms with van der Waals surface area (Å²) in [6, 6.07) is 9.70. The summed E-state index contributed by atoms with van der Waals surface area (Å²) in [6.07, 6.45) is 12.6. The van der Waals surface area contributed by atoms with Crippen molar-refractivity contribution in [3.05, 3.63) is 36.7 Å². The van der Waals surface area contributed by atoms with Crippen LogP contribution in [0.3, 0.4) is 0 Å². The van der Waals surface area contributed by atoms with Gasteiger partial charge < -0.3 is 10.5 Å². The summed E-state index contributed by atoms with van der Waals surface area (Å²) in [4.78, 5) is 8.84. The molecule has 0 saturated heterocycles. The standard InChI is InChI=1S/C25H35N5O/c1-24(2)15-11-6-4-5-7-12-16-25(3,17-24)30-22-20(21(26)27-18-28-22)23(29-30)31-19-13-9-8-10-14-19/h8-10,13-14,18H,4-7,11-12,15-17H2,1-3H3,(H2,26,27,28). The van der Waals surface area contributed by atoms with Gasteiger partial charge in [0.1, 0.15) is 23.3 Å². The number of benzene rings is 1. The zero-order valence-electron chi connectivity index (χ0n) is 19.1. The van der Waals surface area contributed by atoms with Crippen molar-refractivity contribution in [3.8, 4) is 11.6 Å². The molecule has 31 heavy (non-hydrogen) atoms. The van der Waals surface area contributed by atoms with Crippen LogP contribution in [0, 0.1) is 5.41 Å². The second kappa shape index (κ2) is 8.85. The molecule has 6 heteroatoms. The maximum Gasteiger partial charge on any atom is 0.251 e. The van der Waals surface area contributed by atoms with Crippen LogP contribution in [0.25, 0.3) is 11.0 Å². The van der Waals surface area contributed by atoms with Crippen molar-refractivity contribution in [1.29, 1.82) is 0 Å². The Hall–Kier alpha value is -2.63. The SMILES string of the molecule is CC1(C)CCCCCCCCC(C)(n2nc(Oc3ccccc3)c3c(N)ncnc32)C1. The summed E-state index contributed by atoms with van der Waals surface area (Å²) in [5.41, 5.74) is 7.09. The Bertz CT molecular complexity index is 1010. The van der Waals surface area contributed by atoms with Crippen molar-refractivity contribution in [2.45, 2.75) is 84.1 Å². The third-order valence-corrected chi connectivity index (χ3v) is 6.61. The lowest BCUT2D eigenvalue weighted by molar-refractivity contribution is 0.143. The molecule has 1 atom stereocenters. The van der Waals surface area contributed by atoms with Gasteiger partial charge in [0.15, 0.2) is 5.65 Å². The van der Waals surface area contributed by atoms with E-state index in [2.05, 4.69) is 35.4 Å². The molecule has 6 nitrogen and oxygen atoms in total. The van der Waals surface area contributed by atoms with Gasteiger partial charge in [-0.1, -0.05) is 70.6 Å². The van der Waals surface area contributed by atoms with E-state index in [-0.39, 0.29) is 11.0 Å². The summed E-state index contributed by atoms with van der Waals surface area (Å²) in [5.74, 6) is 1.61. The molecule has 4 rings (SSSR count). The number of aromatic nitrogens is 4. The number of anilines is 1. The smallest absolute Gasteiger partial charge is 0.251 e. The Morgan fingerprint density at radius 1 is 0.903 bits per heavy atom. The number of rotatable bonds is 3. The molecular weight excluding hydrogens is 386 g/mol. The molecule has 166 valence electrons. The van der Waals surface area contributed by atoms with Gasteiger partial charge in [0.25, 0.3) is 5.88 Å². The van der Waals surface area contributed by atoms with Crippen LogP contribution < -0.4 is 10.5 Å². The van der Waals surface area contributed by atoms with E-state index >= 15 is 0 Å². The second-order valence-electron chi connectivity index (χ2n) is 10.0. The molecule has 1 aliphatic rings. The van der Waals surface area contributed by atoms with Gasteiger partial charge in [0.2, 0.25) is 0 Å². The third-order valence-electron chi connectivity index (χ3n) is 6.61. The minimum Gasteiger partial charge on any atom is -0.437 e. The van der Waals surface area contributed by atoms with Crippen molar-refractivity contribution in [2.24, 2.45) is 5.41 Å². The number of hydrogen-bond donors (Lipinski definition) is 1. The average molecular weight is 422 g/mol. The largest absolute Gasteiger partial charge is 0.437 e. The van der Waals surface area contributed by atoms with Crippen molar-refractivity contribution >= 4 is 16.9 Å². The van der Waals surface area contributed by atoms with Gasteiger partial charge in [-0.05, 0) is 43.7 Å². The maximum atomic E-state index is 6.29. The molecule has 3 aromatic rings. The monoisotopic (exact) mass is 421 g/mol. The summed E-state index contributed by atoms with van der Waals surface area (Å²) < 4.78 is 8.25. The van der Waals surface area contributed by atoms with Gasteiger partial charge in [-0.25, -0.2) is 14.6 Å². The first-order chi connectivity index (χ1) is 14.9. The Morgan fingerprint density at radius 2 is 1.58 bits per heavy atom. The highest BCUT2D eigenvalue weighted by Gasteiger charge is 2.37. The molecule has 2 N–H and O–H groups in total. The van der Waals surface area contributed by atoms with E-state index in [1.807, 2.05) is 30.3 Å². The summed E-state index contributed by atoms with van der Waals surface area (Å²) in [5, 5.41) is 5.66. The summed E-state index contributed by atoms with van der Waals surface area (Å²) in [6.45, 7) is 7.10. The van der Waals surface area contributed by atoms with Crippen LogP contribution in [-0.2, 0) is 5.54 Å². The molecule has 0 amide bonds. The first kappa shape index (κ1) is 21.6. The quantitative estimate of drug-likeness (QED) is 0.524. The van der Waals surface area contributed by atoms with Gasteiger partial charge >= 0.3 is 0 Å². The van der Waals surface area contributed by atoms with Crippen LogP contribution in [-0.4, -0.2) is 19.7 Å². The number of fused-ring (bicyclic) bond motifs is 1. The molecule has 1 fully saturated rings. The van der Waals surface area contributed by atoms with Gasteiger partial charge in [-0.15, -0.1) is 5.10 Å². The molecule has 0 radical (unpaired) electrons. The Labute approximate surface area is 185 Å². The van der Waals surface area contributed by atoms with E-state index in [0.717, 1.165) is 24.2 Å². The predicted molar refractivity (Wildman–Crippen MR) is 125 cm³/mol. The van der Waals surface area contributed by atoms with Crippen LogP contribution in [0.1, 0.15) is 78.6 Å². The Morgan fingerprint density at radius 3 is 2.32 bits per heavy atom. The lowest BCUT2D eigenvalue weighted by Gasteiger charge is -2.38. The predicted octanol–water partition coefficient (Wildman–Crippen LogP) is 6.47. The van der Waals surface area contributed by atoms with Crippen LogP contribution in [0.5, 0.6) is 11.6 Å². The average Bonchev–Trinajstić information content (AvgIpc) is 3.09. The molecule has 1 aromatic carbocycles. The molecule has 0 bridgehead atoms. The normalized spacial score (nSPS) is 22.7. The van der Waals surface area contributed by atoms with Crippen molar-refractivity contribution < 1.29 is 4.74 Å². The molecular formula is C25H35N5O. The fraction of sp³-hybridized carbons (Fsp3) is 0.560. The van der Waals surface area contributed by atoms with E-state index in [1.54, 1.807) is 0 Å². The highest BCUT2D eigenvalue weighted by Crippen LogP contribution is 2.43. The van der Waals surface area contributed by atoms with Crippen LogP contribution in [0.4, 0.5) is 5.82 Å². The van der Waals surface area contributed by atoms with Crippen LogP contribution in [0.2, 0.25) is 0 Å². The Balaban J connectivity index is 1.79. The van der Waals surface area contributed by atoms with E-state index in [1.165, 1.54) is 51.3 Å². The summed E-state index contributed by atoms with van der Waals surface area (Å²) in [7, 11) is 0. The molecule has 1 saturated carbocycles. The minimum absolute atomic E-state index is 0.175. The van der Waals surface area contributed by atoms with E-state index in [4.69, 9.17) is 15.6 Å². The van der Waals surface area contributed by atoms with Gasteiger partial charge in [-0.2, -0.15) is 0 Å². The number of nitrogen functional groups attached to an aromatic ring is 1. The van der Waals surface area contributed by atoms with Crippen LogP contribution in [0.15, 0.2) is 36.7 Å². The third kappa shape index (κ3) is 4.83. The van der Waals surface area contributed by atoms with E-state index < -0.39 is 0 Å². The van der Waals surface area contributed by atoms with Gasteiger partial charge in [0.05, 0.1) is 5.54 Å². The topological polar surface area (TPSA) is 78.9 Å². The minimum atomic E-state index is -0.175. The number of ether oxygens (including phenoxy) is 1. The maximum absolute atomic E-state index is 6.29. The molecule has 2 aromatic heterocycles. The fourth-order valence-electron chi connectivity index (χ4n) is 5.20. The number of para-hydroxylation sites is 1. The zero-order chi connectivity index (χ0) is 21.9.